The lowest BCUT2D eigenvalue weighted by atomic mass is 10.1. The van der Waals surface area contributed by atoms with Gasteiger partial charge in [0.2, 0.25) is 0 Å². The van der Waals surface area contributed by atoms with Crippen LogP contribution in [-0.4, -0.2) is 44.0 Å². The van der Waals surface area contributed by atoms with Gasteiger partial charge in [0.1, 0.15) is 17.4 Å². The average molecular weight is 383 g/mol. The molecule has 0 aliphatic heterocycles. The first kappa shape index (κ1) is 20.3. The maximum atomic E-state index is 11.9. The van der Waals surface area contributed by atoms with Crippen LogP contribution in [0.2, 0.25) is 0 Å². The van der Waals surface area contributed by atoms with Gasteiger partial charge in [-0.25, -0.2) is 10.2 Å². The number of nitriles is 1. The number of carbonyl (C=O) groups excluding carboxylic acids is 1. The Kier molecular flexibility index (Phi) is 6.93. The second kappa shape index (κ2) is 9.59. The van der Waals surface area contributed by atoms with Crippen LogP contribution in [0.4, 0.5) is 0 Å². The average Bonchev–Trinajstić information content (AvgIpc) is 2.71. The molecule has 9 heteroatoms. The zero-order valence-corrected chi connectivity index (χ0v) is 15.1. The van der Waals surface area contributed by atoms with Gasteiger partial charge in [-0.3, -0.25) is 4.79 Å². The molecule has 0 saturated heterocycles. The molecule has 0 saturated carbocycles. The molecule has 0 heterocycles. The summed E-state index contributed by atoms with van der Waals surface area (Å²) in [6.07, 6.45) is 1.17. The van der Waals surface area contributed by atoms with Gasteiger partial charge in [-0.05, 0) is 24.3 Å². The van der Waals surface area contributed by atoms with E-state index < -0.39 is 11.9 Å². The van der Waals surface area contributed by atoms with E-state index in [1.165, 1.54) is 32.6 Å². The molecule has 9 nitrogen and oxygen atoms in total. The van der Waals surface area contributed by atoms with Crippen molar-refractivity contribution in [2.45, 2.75) is 0 Å². The van der Waals surface area contributed by atoms with Crippen LogP contribution in [0.3, 0.4) is 0 Å². The van der Waals surface area contributed by atoms with Crippen molar-refractivity contribution in [3.63, 3.8) is 0 Å². The second-order valence-corrected chi connectivity index (χ2v) is 5.26. The third-order valence-corrected chi connectivity index (χ3v) is 3.55. The molecule has 28 heavy (non-hydrogen) atoms. The molecule has 2 aromatic carbocycles. The monoisotopic (exact) mass is 383 g/mol. The topological polar surface area (TPSA) is 130 Å². The molecule has 0 aliphatic rings. The van der Waals surface area contributed by atoms with Gasteiger partial charge in [-0.15, -0.1) is 0 Å². The molecule has 2 N–H and O–H groups in total. The molecule has 0 atom stereocenters. The van der Waals surface area contributed by atoms with Crippen LogP contribution >= 0.6 is 0 Å². The van der Waals surface area contributed by atoms with Gasteiger partial charge in [0.05, 0.1) is 26.0 Å². The fraction of sp³-hybridized carbons (Fsp3) is 0.158. The predicted octanol–water partition coefficient (Wildman–Crippen LogP) is 1.80. The summed E-state index contributed by atoms with van der Waals surface area (Å²) in [5.74, 6) is -1.24. The summed E-state index contributed by atoms with van der Waals surface area (Å²) >= 11 is 0. The highest BCUT2D eigenvalue weighted by Crippen LogP contribution is 2.32. The number of amides is 1. The van der Waals surface area contributed by atoms with E-state index >= 15 is 0 Å². The van der Waals surface area contributed by atoms with E-state index in [0.29, 0.717) is 5.56 Å². The van der Waals surface area contributed by atoms with Crippen molar-refractivity contribution in [2.75, 3.05) is 20.8 Å². The lowest BCUT2D eigenvalue weighted by Crippen LogP contribution is -2.25. The van der Waals surface area contributed by atoms with Crippen LogP contribution < -0.4 is 19.6 Å². The number of hydrazone groups is 1. The summed E-state index contributed by atoms with van der Waals surface area (Å²) in [5.41, 5.74) is 2.59. The predicted molar refractivity (Wildman–Crippen MR) is 98.9 cm³/mol. The van der Waals surface area contributed by atoms with Crippen LogP contribution in [0.25, 0.3) is 0 Å². The minimum absolute atomic E-state index is 0.0433. The van der Waals surface area contributed by atoms with Crippen molar-refractivity contribution < 1.29 is 28.9 Å². The van der Waals surface area contributed by atoms with Gasteiger partial charge in [-0.2, -0.15) is 10.4 Å². The molecule has 0 aromatic heterocycles. The van der Waals surface area contributed by atoms with Gasteiger partial charge in [0.25, 0.3) is 5.91 Å². The highest BCUT2D eigenvalue weighted by atomic mass is 16.5. The Morgan fingerprint density at radius 2 is 1.93 bits per heavy atom. The van der Waals surface area contributed by atoms with Gasteiger partial charge in [0, 0.05) is 5.56 Å². The molecular weight excluding hydrogens is 366 g/mol. The van der Waals surface area contributed by atoms with E-state index in [2.05, 4.69) is 10.5 Å². The van der Waals surface area contributed by atoms with Crippen molar-refractivity contribution in [1.82, 2.24) is 5.43 Å². The molecule has 2 aromatic rings. The van der Waals surface area contributed by atoms with E-state index in [1.54, 1.807) is 24.3 Å². The van der Waals surface area contributed by atoms with Gasteiger partial charge in [-0.1, -0.05) is 12.1 Å². The number of rotatable bonds is 8. The van der Waals surface area contributed by atoms with E-state index in [4.69, 9.17) is 19.5 Å². The molecule has 2 rings (SSSR count). The Balaban J connectivity index is 2.07. The van der Waals surface area contributed by atoms with E-state index in [-0.39, 0.29) is 35.0 Å². The standard InChI is InChI=1S/C19H17N3O6/c1-26-15-8-7-13(17(19(24)25)18(15)27-2)10-21-22-16(23)11-28-14-6-4-3-5-12(14)9-20/h3-8,10H,11H2,1-2H3,(H,22,23)(H,24,25)/b21-10-. The Morgan fingerprint density at radius 3 is 2.57 bits per heavy atom. The number of ether oxygens (including phenoxy) is 3. The lowest BCUT2D eigenvalue weighted by molar-refractivity contribution is -0.123. The molecule has 0 bridgehead atoms. The number of para-hydroxylation sites is 1. The number of nitrogens with zero attached hydrogens (tertiary/aromatic N) is 2. The third kappa shape index (κ3) is 4.76. The van der Waals surface area contributed by atoms with Crippen LogP contribution in [0.1, 0.15) is 21.5 Å². The lowest BCUT2D eigenvalue weighted by Gasteiger charge is -2.12. The molecule has 144 valence electrons. The fourth-order valence-electron chi connectivity index (χ4n) is 2.30. The molecule has 0 spiro atoms. The Hall–Kier alpha value is -4.06. The zero-order chi connectivity index (χ0) is 20.5. The van der Waals surface area contributed by atoms with Crippen molar-refractivity contribution in [2.24, 2.45) is 5.10 Å². The molecule has 0 unspecified atom stereocenters. The van der Waals surface area contributed by atoms with Gasteiger partial charge < -0.3 is 19.3 Å². The number of methoxy groups -OCH3 is 2. The maximum absolute atomic E-state index is 11.9. The first-order valence-electron chi connectivity index (χ1n) is 7.94. The number of hydrogen-bond acceptors (Lipinski definition) is 7. The quantitative estimate of drug-likeness (QED) is 0.525. The summed E-state index contributed by atoms with van der Waals surface area (Å²) in [4.78, 5) is 23.4. The second-order valence-electron chi connectivity index (χ2n) is 5.26. The first-order valence-corrected chi connectivity index (χ1v) is 7.94. The van der Waals surface area contributed by atoms with Crippen LogP contribution in [0.15, 0.2) is 41.5 Å². The smallest absolute Gasteiger partial charge is 0.340 e. The fourth-order valence-corrected chi connectivity index (χ4v) is 2.30. The summed E-state index contributed by atoms with van der Waals surface area (Å²) in [5, 5.41) is 22.2. The largest absolute Gasteiger partial charge is 0.493 e. The van der Waals surface area contributed by atoms with Crippen molar-refractivity contribution in [3.8, 4) is 23.3 Å². The Morgan fingerprint density at radius 1 is 1.18 bits per heavy atom. The Bertz CT molecular complexity index is 949. The number of hydrogen-bond donors (Lipinski definition) is 2. The number of aromatic carboxylic acids is 1. The number of carboxylic acids is 1. The van der Waals surface area contributed by atoms with E-state index in [9.17, 15) is 14.7 Å². The SMILES string of the molecule is COc1ccc(/C=N\NC(=O)COc2ccccc2C#N)c(C(=O)O)c1OC. The minimum Gasteiger partial charge on any atom is -0.493 e. The molecule has 0 aliphatic carbocycles. The maximum Gasteiger partial charge on any atom is 0.340 e. The molecular formula is C19H17N3O6. The molecule has 0 fully saturated rings. The van der Waals surface area contributed by atoms with Gasteiger partial charge >= 0.3 is 5.97 Å². The van der Waals surface area contributed by atoms with Crippen molar-refractivity contribution in [3.05, 3.63) is 53.1 Å². The normalized spacial score (nSPS) is 10.2. The zero-order valence-electron chi connectivity index (χ0n) is 15.1. The van der Waals surface area contributed by atoms with E-state index in [1.807, 2.05) is 6.07 Å². The molecule has 1 amide bonds. The number of carboxylic acid groups (broad SMARTS) is 1. The summed E-state index contributed by atoms with van der Waals surface area (Å²) in [6.45, 7) is -0.367. The summed E-state index contributed by atoms with van der Waals surface area (Å²) in [7, 11) is 2.71. The Labute approximate surface area is 160 Å². The number of benzene rings is 2. The van der Waals surface area contributed by atoms with Crippen LogP contribution in [0.5, 0.6) is 17.2 Å². The first-order chi connectivity index (χ1) is 13.5. The molecule has 0 radical (unpaired) electrons. The summed E-state index contributed by atoms with van der Waals surface area (Å²) in [6, 6.07) is 11.4. The van der Waals surface area contributed by atoms with Crippen molar-refractivity contribution in [1.29, 1.82) is 5.26 Å². The third-order valence-electron chi connectivity index (χ3n) is 3.55. The van der Waals surface area contributed by atoms with Crippen molar-refractivity contribution >= 4 is 18.1 Å². The number of carbonyl (C=O) groups is 2. The highest BCUT2D eigenvalue weighted by molar-refractivity contribution is 6.02. The van der Waals surface area contributed by atoms with Crippen LogP contribution in [-0.2, 0) is 4.79 Å². The van der Waals surface area contributed by atoms with Crippen LogP contribution in [0, 0.1) is 11.3 Å². The highest BCUT2D eigenvalue weighted by Gasteiger charge is 2.20. The minimum atomic E-state index is -1.24. The van der Waals surface area contributed by atoms with Gasteiger partial charge in [0.15, 0.2) is 18.1 Å². The van der Waals surface area contributed by atoms with E-state index in [0.717, 1.165) is 0 Å². The summed E-state index contributed by atoms with van der Waals surface area (Å²) < 4.78 is 15.5. The number of nitrogens with one attached hydrogen (secondary N) is 1.